The Balaban J connectivity index is 1.77. The maximum absolute atomic E-state index is 12.8. The molecule has 0 atom stereocenters. The minimum Gasteiger partial charge on any atom is -0.312 e. The van der Waals surface area contributed by atoms with E-state index in [1.54, 1.807) is 10.6 Å². The van der Waals surface area contributed by atoms with Crippen molar-refractivity contribution < 1.29 is 9.18 Å². The van der Waals surface area contributed by atoms with Crippen LogP contribution in [0.2, 0.25) is 0 Å². The smallest absolute Gasteiger partial charge is 0.250 e. The standard InChI is InChI=1S/C17H16FNO2/c18-14-7-4-13(5-8-14)16(20)10-11-19-15-3-1-2-12(15)6-9-17(19)21/h4-9H,1-3,10-11H2. The molecule has 0 amide bonds. The van der Waals surface area contributed by atoms with Crippen LogP contribution in [-0.2, 0) is 19.4 Å². The lowest BCUT2D eigenvalue weighted by atomic mass is 10.1. The second kappa shape index (κ2) is 5.64. The number of Topliss-reactive ketones (excluding diaryl/α,β-unsaturated/α-hetero) is 1. The SMILES string of the molecule is O=C(CCn1c2c(ccc1=O)CCC2)c1ccc(F)cc1. The number of nitrogens with zero attached hydrogens (tertiary/aromatic N) is 1. The number of carbonyl (C=O) groups excluding carboxylic acids is 1. The number of aromatic nitrogens is 1. The van der Waals surface area contributed by atoms with Crippen LogP contribution in [0.5, 0.6) is 0 Å². The highest BCUT2D eigenvalue weighted by atomic mass is 19.1. The van der Waals surface area contributed by atoms with Gasteiger partial charge in [0.2, 0.25) is 0 Å². The fraction of sp³-hybridized carbons (Fsp3) is 0.294. The molecule has 1 heterocycles. The van der Waals surface area contributed by atoms with Gasteiger partial charge < -0.3 is 4.57 Å². The molecule has 0 aliphatic heterocycles. The van der Waals surface area contributed by atoms with E-state index in [4.69, 9.17) is 0 Å². The average molecular weight is 285 g/mol. The highest BCUT2D eigenvalue weighted by Crippen LogP contribution is 2.20. The van der Waals surface area contributed by atoms with Crippen LogP contribution in [0, 0.1) is 5.82 Å². The molecule has 0 unspecified atom stereocenters. The molecule has 1 aliphatic carbocycles. The monoisotopic (exact) mass is 285 g/mol. The zero-order valence-corrected chi connectivity index (χ0v) is 11.6. The Bertz CT molecular complexity index is 731. The van der Waals surface area contributed by atoms with Crippen molar-refractivity contribution in [3.05, 3.63) is 69.4 Å². The number of aryl methyl sites for hydroxylation is 1. The molecule has 0 bridgehead atoms. The van der Waals surface area contributed by atoms with Crippen LogP contribution < -0.4 is 5.56 Å². The minimum atomic E-state index is -0.358. The van der Waals surface area contributed by atoms with Gasteiger partial charge in [0.05, 0.1) is 0 Å². The second-order valence-electron chi connectivity index (χ2n) is 5.33. The summed E-state index contributed by atoms with van der Waals surface area (Å²) in [5.41, 5.74) is 2.71. The van der Waals surface area contributed by atoms with Gasteiger partial charge in [-0.05, 0) is 49.1 Å². The van der Waals surface area contributed by atoms with Gasteiger partial charge in [0.25, 0.3) is 5.56 Å². The summed E-state index contributed by atoms with van der Waals surface area (Å²) in [7, 11) is 0. The maximum atomic E-state index is 12.8. The van der Waals surface area contributed by atoms with E-state index < -0.39 is 0 Å². The molecule has 2 aromatic rings. The Morgan fingerprint density at radius 3 is 2.62 bits per heavy atom. The zero-order chi connectivity index (χ0) is 14.8. The van der Waals surface area contributed by atoms with Crippen LogP contribution in [0.3, 0.4) is 0 Å². The molecule has 0 saturated heterocycles. The predicted octanol–water partition coefficient (Wildman–Crippen LogP) is 2.75. The number of halogens is 1. The summed E-state index contributed by atoms with van der Waals surface area (Å²) in [5.74, 6) is -0.429. The van der Waals surface area contributed by atoms with Crippen LogP contribution in [0.15, 0.2) is 41.2 Å². The molecule has 1 aromatic carbocycles. The van der Waals surface area contributed by atoms with Gasteiger partial charge in [-0.15, -0.1) is 0 Å². The first-order valence-electron chi connectivity index (χ1n) is 7.15. The van der Waals surface area contributed by atoms with Crippen molar-refractivity contribution in [1.29, 1.82) is 0 Å². The van der Waals surface area contributed by atoms with E-state index >= 15 is 0 Å². The third-order valence-electron chi connectivity index (χ3n) is 3.98. The average Bonchev–Trinajstić information content (AvgIpc) is 2.95. The fourth-order valence-corrected chi connectivity index (χ4v) is 2.87. The number of fused-ring (bicyclic) bond motifs is 1. The first-order chi connectivity index (χ1) is 10.1. The molecular weight excluding hydrogens is 269 g/mol. The van der Waals surface area contributed by atoms with Gasteiger partial charge in [-0.1, -0.05) is 6.07 Å². The molecule has 1 aromatic heterocycles. The fourth-order valence-electron chi connectivity index (χ4n) is 2.87. The highest BCUT2D eigenvalue weighted by molar-refractivity contribution is 5.95. The Morgan fingerprint density at radius 1 is 1.10 bits per heavy atom. The minimum absolute atomic E-state index is 0.0532. The number of benzene rings is 1. The molecule has 1 aliphatic rings. The van der Waals surface area contributed by atoms with Crippen molar-refractivity contribution >= 4 is 5.78 Å². The van der Waals surface area contributed by atoms with Crippen molar-refractivity contribution in [2.24, 2.45) is 0 Å². The molecule has 3 nitrogen and oxygen atoms in total. The van der Waals surface area contributed by atoms with Crippen LogP contribution >= 0.6 is 0 Å². The molecule has 0 fully saturated rings. The Hall–Kier alpha value is -2.23. The van der Waals surface area contributed by atoms with Gasteiger partial charge >= 0.3 is 0 Å². The van der Waals surface area contributed by atoms with E-state index in [0.717, 1.165) is 25.0 Å². The van der Waals surface area contributed by atoms with Gasteiger partial charge in [-0.2, -0.15) is 0 Å². The van der Waals surface area contributed by atoms with Crippen molar-refractivity contribution in [3.63, 3.8) is 0 Å². The molecule has 0 N–H and O–H groups in total. The molecule has 3 rings (SSSR count). The maximum Gasteiger partial charge on any atom is 0.250 e. The number of hydrogen-bond donors (Lipinski definition) is 0. The van der Waals surface area contributed by atoms with Gasteiger partial charge in [0, 0.05) is 30.3 Å². The second-order valence-corrected chi connectivity index (χ2v) is 5.33. The lowest BCUT2D eigenvalue weighted by Crippen LogP contribution is -2.24. The Morgan fingerprint density at radius 2 is 1.86 bits per heavy atom. The molecule has 0 radical (unpaired) electrons. The molecule has 21 heavy (non-hydrogen) atoms. The first-order valence-corrected chi connectivity index (χ1v) is 7.15. The van der Waals surface area contributed by atoms with E-state index in [1.165, 1.54) is 29.8 Å². The Labute approximate surface area is 122 Å². The van der Waals surface area contributed by atoms with Crippen molar-refractivity contribution in [3.8, 4) is 0 Å². The van der Waals surface area contributed by atoms with E-state index in [1.807, 2.05) is 6.07 Å². The van der Waals surface area contributed by atoms with Gasteiger partial charge in [0.1, 0.15) is 5.82 Å². The molecule has 108 valence electrons. The number of rotatable bonds is 4. The third-order valence-corrected chi connectivity index (χ3v) is 3.98. The van der Waals surface area contributed by atoms with Crippen LogP contribution in [-0.4, -0.2) is 10.4 Å². The quantitative estimate of drug-likeness (QED) is 0.810. The number of hydrogen-bond acceptors (Lipinski definition) is 2. The summed E-state index contributed by atoms with van der Waals surface area (Å²) in [4.78, 5) is 24.1. The number of ketones is 1. The van der Waals surface area contributed by atoms with Crippen LogP contribution in [0.4, 0.5) is 4.39 Å². The first kappa shape index (κ1) is 13.7. The highest BCUT2D eigenvalue weighted by Gasteiger charge is 2.16. The molecule has 0 spiro atoms. The molecule has 4 heteroatoms. The van der Waals surface area contributed by atoms with E-state index in [-0.39, 0.29) is 23.6 Å². The lowest BCUT2D eigenvalue weighted by molar-refractivity contribution is 0.0976. The van der Waals surface area contributed by atoms with Gasteiger partial charge in [0.15, 0.2) is 5.78 Å². The Kier molecular flexibility index (Phi) is 3.69. The number of pyridine rings is 1. The van der Waals surface area contributed by atoms with Crippen molar-refractivity contribution in [2.45, 2.75) is 32.2 Å². The van der Waals surface area contributed by atoms with Crippen molar-refractivity contribution in [1.82, 2.24) is 4.57 Å². The summed E-state index contributed by atoms with van der Waals surface area (Å²) in [6.45, 7) is 0.387. The molecular formula is C17H16FNO2. The summed E-state index contributed by atoms with van der Waals surface area (Å²) in [5, 5.41) is 0. The largest absolute Gasteiger partial charge is 0.312 e. The van der Waals surface area contributed by atoms with E-state index in [2.05, 4.69) is 0 Å². The zero-order valence-electron chi connectivity index (χ0n) is 11.6. The molecule has 0 saturated carbocycles. The van der Waals surface area contributed by atoms with E-state index in [0.29, 0.717) is 12.1 Å². The van der Waals surface area contributed by atoms with Gasteiger partial charge in [-0.3, -0.25) is 9.59 Å². The topological polar surface area (TPSA) is 39.1 Å². The van der Waals surface area contributed by atoms with Crippen LogP contribution in [0.25, 0.3) is 0 Å². The summed E-state index contributed by atoms with van der Waals surface area (Å²) < 4.78 is 14.6. The van der Waals surface area contributed by atoms with Crippen LogP contribution in [0.1, 0.15) is 34.5 Å². The summed E-state index contributed by atoms with van der Waals surface area (Å²) in [6, 6.07) is 8.99. The van der Waals surface area contributed by atoms with Crippen molar-refractivity contribution in [2.75, 3.05) is 0 Å². The summed E-state index contributed by atoms with van der Waals surface area (Å²) >= 11 is 0. The number of carbonyl (C=O) groups is 1. The van der Waals surface area contributed by atoms with Gasteiger partial charge in [-0.25, -0.2) is 4.39 Å². The third kappa shape index (κ3) is 2.79. The summed E-state index contributed by atoms with van der Waals surface area (Å²) in [6.07, 6.45) is 3.21. The lowest BCUT2D eigenvalue weighted by Gasteiger charge is -2.11. The van der Waals surface area contributed by atoms with E-state index in [9.17, 15) is 14.0 Å². The normalized spacial score (nSPS) is 13.2. The predicted molar refractivity (Wildman–Crippen MR) is 78.1 cm³/mol.